The first-order valence-corrected chi connectivity index (χ1v) is 19.1. The first kappa shape index (κ1) is 34.5. The lowest BCUT2D eigenvalue weighted by atomic mass is 9.99. The molecule has 0 amide bonds. The standard InChI is InChI=1S/C51H33N7/c1-5-15-36(16-6-1)46-53-47(37-17-7-2-8-18-37)56-50(55-46)40-29-25-34(26-30-40)44-33-42-23-13-14-24-43(42)45(52-44)35-27-31-41(32-28-35)51-57-48(38-19-9-3-10-20-38)54-49(58-51)39-21-11-4-12-22-39/h1-33H. The first-order valence-electron chi connectivity index (χ1n) is 19.1. The van der Waals surface area contributed by atoms with Crippen LogP contribution in [0, 0.1) is 0 Å². The Labute approximate surface area is 335 Å². The van der Waals surface area contributed by atoms with Crippen LogP contribution in [-0.4, -0.2) is 34.9 Å². The minimum Gasteiger partial charge on any atom is -0.247 e. The minimum absolute atomic E-state index is 0.607. The fraction of sp³-hybridized carbons (Fsp3) is 0. The van der Waals surface area contributed by atoms with Crippen molar-refractivity contribution in [2.45, 2.75) is 0 Å². The molecule has 0 unspecified atom stereocenters. The number of benzene rings is 7. The van der Waals surface area contributed by atoms with E-state index in [-0.39, 0.29) is 0 Å². The van der Waals surface area contributed by atoms with Crippen LogP contribution in [0.25, 0.3) is 102 Å². The Bertz CT molecular complexity index is 2900. The first-order chi connectivity index (χ1) is 28.7. The van der Waals surface area contributed by atoms with Crippen LogP contribution in [0.1, 0.15) is 0 Å². The van der Waals surface area contributed by atoms with Gasteiger partial charge in [-0.05, 0) is 11.5 Å². The highest BCUT2D eigenvalue weighted by Crippen LogP contribution is 2.34. The fourth-order valence-corrected chi connectivity index (χ4v) is 7.01. The zero-order chi connectivity index (χ0) is 38.7. The van der Waals surface area contributed by atoms with Crippen LogP contribution < -0.4 is 0 Å². The summed E-state index contributed by atoms with van der Waals surface area (Å²) in [4.78, 5) is 34.7. The van der Waals surface area contributed by atoms with Gasteiger partial charge < -0.3 is 0 Å². The Hall–Kier alpha value is -8.03. The summed E-state index contributed by atoms with van der Waals surface area (Å²) in [5.74, 6) is 3.73. The monoisotopic (exact) mass is 743 g/mol. The Morgan fingerprint density at radius 3 is 0.897 bits per heavy atom. The molecule has 0 saturated heterocycles. The summed E-state index contributed by atoms with van der Waals surface area (Å²) in [6.07, 6.45) is 0. The molecule has 0 aliphatic rings. The van der Waals surface area contributed by atoms with Crippen molar-refractivity contribution >= 4 is 10.8 Å². The predicted octanol–water partition coefficient (Wildman–Crippen LogP) is 11.9. The molecule has 3 heterocycles. The van der Waals surface area contributed by atoms with Crippen LogP contribution in [-0.2, 0) is 0 Å². The molecule has 0 fully saturated rings. The second-order valence-electron chi connectivity index (χ2n) is 13.8. The van der Waals surface area contributed by atoms with Crippen molar-refractivity contribution in [1.82, 2.24) is 34.9 Å². The van der Waals surface area contributed by atoms with Gasteiger partial charge in [0, 0.05) is 49.9 Å². The van der Waals surface area contributed by atoms with E-state index in [0.717, 1.165) is 66.7 Å². The van der Waals surface area contributed by atoms with E-state index in [0.29, 0.717) is 34.9 Å². The van der Waals surface area contributed by atoms with Gasteiger partial charge in [0.1, 0.15) is 0 Å². The molecule has 7 heteroatoms. The number of hydrogen-bond donors (Lipinski definition) is 0. The van der Waals surface area contributed by atoms with Gasteiger partial charge in [-0.15, -0.1) is 0 Å². The molecule has 10 rings (SSSR count). The summed E-state index contributed by atoms with van der Waals surface area (Å²) < 4.78 is 0. The van der Waals surface area contributed by atoms with Gasteiger partial charge >= 0.3 is 0 Å². The third-order valence-electron chi connectivity index (χ3n) is 9.99. The second kappa shape index (κ2) is 15.2. The van der Waals surface area contributed by atoms with Gasteiger partial charge in [-0.1, -0.05) is 194 Å². The van der Waals surface area contributed by atoms with E-state index in [1.165, 1.54) is 0 Å². The zero-order valence-electron chi connectivity index (χ0n) is 31.2. The van der Waals surface area contributed by atoms with Gasteiger partial charge in [0.25, 0.3) is 0 Å². The Morgan fingerprint density at radius 1 is 0.224 bits per heavy atom. The molecular formula is C51H33N7. The van der Waals surface area contributed by atoms with Crippen LogP contribution in [0.15, 0.2) is 200 Å². The van der Waals surface area contributed by atoms with Crippen molar-refractivity contribution in [2.24, 2.45) is 0 Å². The summed E-state index contributed by atoms with van der Waals surface area (Å²) in [6, 6.07) is 67.2. The van der Waals surface area contributed by atoms with Crippen molar-refractivity contribution in [2.75, 3.05) is 0 Å². The van der Waals surface area contributed by atoms with Gasteiger partial charge in [-0.3, -0.25) is 0 Å². The fourth-order valence-electron chi connectivity index (χ4n) is 7.01. The molecular weight excluding hydrogens is 711 g/mol. The largest absolute Gasteiger partial charge is 0.247 e. The number of nitrogens with zero attached hydrogens (tertiary/aromatic N) is 7. The molecule has 0 spiro atoms. The topological polar surface area (TPSA) is 90.2 Å². The van der Waals surface area contributed by atoms with E-state index in [1.807, 2.05) is 121 Å². The van der Waals surface area contributed by atoms with Gasteiger partial charge in [0.2, 0.25) is 0 Å². The van der Waals surface area contributed by atoms with Crippen LogP contribution in [0.5, 0.6) is 0 Å². The van der Waals surface area contributed by atoms with E-state index < -0.39 is 0 Å². The highest BCUT2D eigenvalue weighted by atomic mass is 15.0. The number of fused-ring (bicyclic) bond motifs is 1. The SMILES string of the molecule is c1ccc(-c2nc(-c3ccccc3)nc(-c3ccc(-c4cc5ccccc5c(-c5ccc(-c6nc(-c7ccccc7)nc(-c7ccccc7)n6)cc5)n4)cc3)n2)cc1. The maximum atomic E-state index is 5.28. The highest BCUT2D eigenvalue weighted by Gasteiger charge is 2.16. The lowest BCUT2D eigenvalue weighted by Crippen LogP contribution is -2.00. The molecule has 272 valence electrons. The number of hydrogen-bond acceptors (Lipinski definition) is 7. The summed E-state index contributed by atoms with van der Waals surface area (Å²) in [6.45, 7) is 0. The average molecular weight is 744 g/mol. The Morgan fingerprint density at radius 2 is 0.517 bits per heavy atom. The Balaban J connectivity index is 1.01. The average Bonchev–Trinajstić information content (AvgIpc) is 3.32. The highest BCUT2D eigenvalue weighted by molar-refractivity contribution is 5.97. The van der Waals surface area contributed by atoms with E-state index >= 15 is 0 Å². The van der Waals surface area contributed by atoms with E-state index in [4.69, 9.17) is 34.9 Å². The summed E-state index contributed by atoms with van der Waals surface area (Å²) in [7, 11) is 0. The van der Waals surface area contributed by atoms with Crippen molar-refractivity contribution < 1.29 is 0 Å². The molecule has 0 N–H and O–H groups in total. The molecule has 0 atom stereocenters. The van der Waals surface area contributed by atoms with Gasteiger partial charge in [0.05, 0.1) is 11.4 Å². The summed E-state index contributed by atoms with van der Waals surface area (Å²) in [5, 5.41) is 2.17. The van der Waals surface area contributed by atoms with Crippen LogP contribution in [0.2, 0.25) is 0 Å². The third kappa shape index (κ3) is 7.00. The lowest BCUT2D eigenvalue weighted by molar-refractivity contribution is 1.07. The second-order valence-corrected chi connectivity index (χ2v) is 13.8. The van der Waals surface area contributed by atoms with Crippen molar-refractivity contribution in [3.63, 3.8) is 0 Å². The molecule has 0 aliphatic carbocycles. The zero-order valence-corrected chi connectivity index (χ0v) is 31.2. The molecule has 7 aromatic carbocycles. The third-order valence-corrected chi connectivity index (χ3v) is 9.99. The van der Waals surface area contributed by atoms with E-state index in [1.54, 1.807) is 0 Å². The van der Waals surface area contributed by atoms with Crippen molar-refractivity contribution in [3.05, 3.63) is 200 Å². The molecule has 0 aliphatic heterocycles. The normalized spacial score (nSPS) is 11.1. The van der Waals surface area contributed by atoms with Crippen LogP contribution in [0.4, 0.5) is 0 Å². The number of aromatic nitrogens is 7. The van der Waals surface area contributed by atoms with Crippen molar-refractivity contribution in [1.29, 1.82) is 0 Å². The van der Waals surface area contributed by atoms with Crippen LogP contribution >= 0.6 is 0 Å². The maximum absolute atomic E-state index is 5.28. The van der Waals surface area contributed by atoms with E-state index in [9.17, 15) is 0 Å². The lowest BCUT2D eigenvalue weighted by Gasteiger charge is -2.12. The summed E-state index contributed by atoms with van der Waals surface area (Å²) in [5.41, 5.74) is 9.25. The number of rotatable bonds is 8. The molecule has 3 aromatic heterocycles. The molecule has 58 heavy (non-hydrogen) atoms. The summed E-state index contributed by atoms with van der Waals surface area (Å²) >= 11 is 0. The Kier molecular flexibility index (Phi) is 9.06. The number of pyridine rings is 1. The molecule has 10 aromatic rings. The van der Waals surface area contributed by atoms with Gasteiger partial charge in [-0.25, -0.2) is 34.9 Å². The van der Waals surface area contributed by atoms with Gasteiger partial charge in [-0.2, -0.15) is 0 Å². The van der Waals surface area contributed by atoms with Crippen molar-refractivity contribution in [3.8, 4) is 90.8 Å². The molecule has 0 radical (unpaired) electrons. The minimum atomic E-state index is 0.607. The molecule has 7 nitrogen and oxygen atoms in total. The van der Waals surface area contributed by atoms with E-state index in [2.05, 4.69) is 78.9 Å². The van der Waals surface area contributed by atoms with Gasteiger partial charge in [0.15, 0.2) is 34.9 Å². The predicted molar refractivity (Wildman–Crippen MR) is 232 cm³/mol. The molecule has 0 saturated carbocycles. The quantitative estimate of drug-likeness (QED) is 0.153. The van der Waals surface area contributed by atoms with Crippen LogP contribution in [0.3, 0.4) is 0 Å². The smallest absolute Gasteiger partial charge is 0.164 e. The molecule has 0 bridgehead atoms. The maximum Gasteiger partial charge on any atom is 0.164 e.